The zero-order valence-electron chi connectivity index (χ0n) is 10.9. The molecule has 0 fully saturated rings. The van der Waals surface area contributed by atoms with Gasteiger partial charge < -0.3 is 10.5 Å². The number of rotatable bonds is 4. The van der Waals surface area contributed by atoms with Crippen molar-refractivity contribution in [3.8, 4) is 5.69 Å². The second kappa shape index (κ2) is 4.88. The average molecular weight is 246 g/mol. The largest absolute Gasteiger partial charge is 0.377 e. The molecule has 0 radical (unpaired) electrons. The molecule has 1 aromatic carbocycles. The SMILES string of the molecule is COC(C)(C)C(N)c1cnnn1-c1ccccc1. The fourth-order valence-electron chi connectivity index (χ4n) is 1.71. The van der Waals surface area contributed by atoms with Gasteiger partial charge in [0.2, 0.25) is 0 Å². The molecule has 1 heterocycles. The highest BCUT2D eigenvalue weighted by molar-refractivity contribution is 5.32. The number of hydrogen-bond acceptors (Lipinski definition) is 4. The molecule has 96 valence electrons. The van der Waals surface area contributed by atoms with E-state index in [1.807, 2.05) is 44.2 Å². The normalized spacial score (nSPS) is 13.6. The summed E-state index contributed by atoms with van der Waals surface area (Å²) in [4.78, 5) is 0. The van der Waals surface area contributed by atoms with Crippen molar-refractivity contribution in [2.24, 2.45) is 5.73 Å². The molecule has 0 spiro atoms. The van der Waals surface area contributed by atoms with Crippen LogP contribution in [0.25, 0.3) is 5.69 Å². The van der Waals surface area contributed by atoms with Crippen LogP contribution >= 0.6 is 0 Å². The van der Waals surface area contributed by atoms with E-state index in [9.17, 15) is 0 Å². The smallest absolute Gasteiger partial charge is 0.0842 e. The highest BCUT2D eigenvalue weighted by Crippen LogP contribution is 2.26. The van der Waals surface area contributed by atoms with Crippen LogP contribution in [0.4, 0.5) is 0 Å². The van der Waals surface area contributed by atoms with Crippen molar-refractivity contribution in [3.05, 3.63) is 42.2 Å². The quantitative estimate of drug-likeness (QED) is 0.891. The molecular weight excluding hydrogens is 228 g/mol. The molecule has 5 nitrogen and oxygen atoms in total. The monoisotopic (exact) mass is 246 g/mol. The molecule has 0 amide bonds. The van der Waals surface area contributed by atoms with Crippen LogP contribution in [-0.2, 0) is 4.74 Å². The summed E-state index contributed by atoms with van der Waals surface area (Å²) in [5, 5.41) is 8.03. The summed E-state index contributed by atoms with van der Waals surface area (Å²) in [6.45, 7) is 3.89. The predicted octanol–water partition coefficient (Wildman–Crippen LogP) is 1.69. The molecular formula is C13H18N4O. The number of ether oxygens (including phenoxy) is 1. The van der Waals surface area contributed by atoms with Crippen molar-refractivity contribution in [2.75, 3.05) is 7.11 Å². The Kier molecular flexibility index (Phi) is 3.45. The zero-order chi connectivity index (χ0) is 13.2. The van der Waals surface area contributed by atoms with Gasteiger partial charge in [0, 0.05) is 7.11 Å². The van der Waals surface area contributed by atoms with Crippen LogP contribution < -0.4 is 5.73 Å². The Morgan fingerprint density at radius 1 is 1.28 bits per heavy atom. The third-order valence-electron chi connectivity index (χ3n) is 3.17. The Balaban J connectivity index is 2.40. The Labute approximate surface area is 107 Å². The molecule has 0 aliphatic carbocycles. The fourth-order valence-corrected chi connectivity index (χ4v) is 1.71. The van der Waals surface area contributed by atoms with Crippen LogP contribution in [0.15, 0.2) is 36.5 Å². The summed E-state index contributed by atoms with van der Waals surface area (Å²) in [5.41, 5.74) is 7.53. The van der Waals surface area contributed by atoms with Crippen LogP contribution in [0.2, 0.25) is 0 Å². The maximum Gasteiger partial charge on any atom is 0.0842 e. The number of aromatic nitrogens is 3. The van der Waals surface area contributed by atoms with Crippen molar-refractivity contribution in [3.63, 3.8) is 0 Å². The van der Waals surface area contributed by atoms with Crippen molar-refractivity contribution in [2.45, 2.75) is 25.5 Å². The van der Waals surface area contributed by atoms with E-state index in [0.29, 0.717) is 0 Å². The highest BCUT2D eigenvalue weighted by Gasteiger charge is 2.30. The van der Waals surface area contributed by atoms with E-state index in [1.54, 1.807) is 18.0 Å². The van der Waals surface area contributed by atoms with Crippen molar-refractivity contribution in [1.29, 1.82) is 0 Å². The fraction of sp³-hybridized carbons (Fsp3) is 0.385. The molecule has 1 aromatic heterocycles. The molecule has 0 saturated heterocycles. The Morgan fingerprint density at radius 2 is 1.94 bits per heavy atom. The van der Waals surface area contributed by atoms with Crippen LogP contribution in [0.1, 0.15) is 25.6 Å². The highest BCUT2D eigenvalue weighted by atomic mass is 16.5. The molecule has 2 aromatic rings. The van der Waals surface area contributed by atoms with Crippen LogP contribution in [-0.4, -0.2) is 27.7 Å². The van der Waals surface area contributed by atoms with E-state index in [1.165, 1.54) is 0 Å². The lowest BCUT2D eigenvalue weighted by atomic mass is 9.97. The number of nitrogens with two attached hydrogens (primary N) is 1. The summed E-state index contributed by atoms with van der Waals surface area (Å²) in [7, 11) is 1.65. The molecule has 0 aliphatic heterocycles. The number of hydrogen-bond donors (Lipinski definition) is 1. The third-order valence-corrected chi connectivity index (χ3v) is 3.17. The molecule has 2 N–H and O–H groups in total. The topological polar surface area (TPSA) is 66.0 Å². The van der Waals surface area contributed by atoms with Gasteiger partial charge >= 0.3 is 0 Å². The van der Waals surface area contributed by atoms with Gasteiger partial charge in [0.25, 0.3) is 0 Å². The van der Waals surface area contributed by atoms with Crippen molar-refractivity contribution < 1.29 is 4.74 Å². The molecule has 0 saturated carbocycles. The van der Waals surface area contributed by atoms with Gasteiger partial charge in [-0.1, -0.05) is 23.4 Å². The molecule has 1 unspecified atom stereocenters. The molecule has 5 heteroatoms. The summed E-state index contributed by atoms with van der Waals surface area (Å²) >= 11 is 0. The van der Waals surface area contributed by atoms with Crippen LogP contribution in [0.3, 0.4) is 0 Å². The lowest BCUT2D eigenvalue weighted by molar-refractivity contribution is -0.00167. The molecule has 0 bridgehead atoms. The first-order valence-electron chi connectivity index (χ1n) is 5.83. The minimum absolute atomic E-state index is 0.308. The Hall–Kier alpha value is -1.72. The van der Waals surface area contributed by atoms with Gasteiger partial charge in [-0.05, 0) is 26.0 Å². The molecule has 2 rings (SSSR count). The minimum atomic E-state index is -0.478. The summed E-state index contributed by atoms with van der Waals surface area (Å²) in [6.07, 6.45) is 1.68. The van der Waals surface area contributed by atoms with Gasteiger partial charge in [-0.15, -0.1) is 5.10 Å². The number of nitrogens with zero attached hydrogens (tertiary/aromatic N) is 3. The van der Waals surface area contributed by atoms with Gasteiger partial charge in [0.15, 0.2) is 0 Å². The van der Waals surface area contributed by atoms with E-state index in [2.05, 4.69) is 10.3 Å². The summed E-state index contributed by atoms with van der Waals surface area (Å²) in [5.74, 6) is 0. The second-order valence-electron chi connectivity index (χ2n) is 4.69. The van der Waals surface area contributed by atoms with Crippen molar-refractivity contribution >= 4 is 0 Å². The van der Waals surface area contributed by atoms with Crippen LogP contribution in [0, 0.1) is 0 Å². The number of benzene rings is 1. The predicted molar refractivity (Wildman–Crippen MR) is 69.4 cm³/mol. The maximum atomic E-state index is 6.24. The average Bonchev–Trinajstić information content (AvgIpc) is 2.87. The first kappa shape index (κ1) is 12.7. The standard InChI is InChI=1S/C13H18N4O/c1-13(2,18-3)12(14)11-9-15-16-17(11)10-7-5-4-6-8-10/h4-9,12H,14H2,1-3H3. The molecule has 18 heavy (non-hydrogen) atoms. The van der Waals surface area contributed by atoms with E-state index in [4.69, 9.17) is 10.5 Å². The Morgan fingerprint density at radius 3 is 2.56 bits per heavy atom. The van der Waals surface area contributed by atoms with Gasteiger partial charge in [0.05, 0.1) is 29.2 Å². The van der Waals surface area contributed by atoms with Gasteiger partial charge in [-0.25, -0.2) is 4.68 Å². The van der Waals surface area contributed by atoms with E-state index in [0.717, 1.165) is 11.4 Å². The summed E-state index contributed by atoms with van der Waals surface area (Å²) < 4.78 is 7.16. The van der Waals surface area contributed by atoms with Gasteiger partial charge in [-0.2, -0.15) is 0 Å². The van der Waals surface area contributed by atoms with Crippen molar-refractivity contribution in [1.82, 2.24) is 15.0 Å². The molecule has 0 aliphatic rings. The lowest BCUT2D eigenvalue weighted by Crippen LogP contribution is -2.38. The Bertz CT molecular complexity index is 507. The number of methoxy groups -OCH3 is 1. The van der Waals surface area contributed by atoms with Gasteiger partial charge in [-0.3, -0.25) is 0 Å². The third kappa shape index (κ3) is 2.27. The summed E-state index contributed by atoms with van der Waals surface area (Å²) in [6, 6.07) is 9.48. The lowest BCUT2D eigenvalue weighted by Gasteiger charge is -2.29. The minimum Gasteiger partial charge on any atom is -0.377 e. The van der Waals surface area contributed by atoms with E-state index >= 15 is 0 Å². The first-order valence-corrected chi connectivity index (χ1v) is 5.83. The van der Waals surface area contributed by atoms with E-state index in [-0.39, 0.29) is 6.04 Å². The second-order valence-corrected chi connectivity index (χ2v) is 4.69. The van der Waals surface area contributed by atoms with Gasteiger partial charge in [0.1, 0.15) is 0 Å². The zero-order valence-corrected chi connectivity index (χ0v) is 10.9. The first-order chi connectivity index (χ1) is 8.56. The maximum absolute atomic E-state index is 6.24. The molecule has 1 atom stereocenters. The van der Waals surface area contributed by atoms with Crippen LogP contribution in [0.5, 0.6) is 0 Å². The number of para-hydroxylation sites is 1. The van der Waals surface area contributed by atoms with E-state index < -0.39 is 5.60 Å².